The summed E-state index contributed by atoms with van der Waals surface area (Å²) in [6, 6.07) is 8.23. The Balaban J connectivity index is 1.60. The van der Waals surface area contributed by atoms with Crippen LogP contribution in [0.3, 0.4) is 0 Å². The van der Waals surface area contributed by atoms with Gasteiger partial charge in [0.2, 0.25) is 5.88 Å². The maximum atomic E-state index is 12.3. The molecule has 0 spiro atoms. The maximum Gasteiger partial charge on any atom is 0.255 e. The molecular weight excluding hydrogens is 347 g/mol. The summed E-state index contributed by atoms with van der Waals surface area (Å²) in [4.78, 5) is 18.0. The van der Waals surface area contributed by atoms with Crippen LogP contribution in [0.4, 0.5) is 0 Å². The molecule has 2 heterocycles. The second kappa shape index (κ2) is 6.32. The lowest BCUT2D eigenvalue weighted by atomic mass is 10.1. The Labute approximate surface area is 142 Å². The van der Waals surface area contributed by atoms with Crippen molar-refractivity contribution in [1.29, 1.82) is 0 Å². The molecule has 1 aromatic heterocycles. The average molecular weight is 358 g/mol. The molecule has 0 bridgehead atoms. The van der Waals surface area contributed by atoms with Gasteiger partial charge in [-0.25, -0.2) is 4.98 Å². The van der Waals surface area contributed by atoms with Gasteiger partial charge in [-0.05, 0) is 24.3 Å². The van der Waals surface area contributed by atoms with E-state index >= 15 is 0 Å². The van der Waals surface area contributed by atoms with Gasteiger partial charge in [-0.2, -0.15) is 0 Å². The predicted molar refractivity (Wildman–Crippen MR) is 86.0 cm³/mol. The second-order valence-corrected chi connectivity index (χ2v) is 6.17. The van der Waals surface area contributed by atoms with E-state index in [9.17, 15) is 4.79 Å². The monoisotopic (exact) mass is 356 g/mol. The molecule has 114 valence electrons. The molecule has 0 N–H and O–H groups in total. The molecule has 1 aliphatic rings. The van der Waals surface area contributed by atoms with Crippen molar-refractivity contribution in [3.05, 3.63) is 57.2 Å². The Morgan fingerprint density at radius 2 is 1.86 bits per heavy atom. The quantitative estimate of drug-likeness (QED) is 0.835. The number of ether oxygens (including phenoxy) is 1. The summed E-state index contributed by atoms with van der Waals surface area (Å²) in [5, 5.41) is 1.41. The first-order valence-corrected chi connectivity index (χ1v) is 7.69. The van der Waals surface area contributed by atoms with Crippen LogP contribution in [0, 0.1) is 0 Å². The molecule has 0 unspecified atom stereocenters. The zero-order chi connectivity index (χ0) is 15.7. The summed E-state index contributed by atoms with van der Waals surface area (Å²) in [5.41, 5.74) is 0.400. The van der Waals surface area contributed by atoms with Crippen molar-refractivity contribution >= 4 is 40.7 Å². The molecule has 0 atom stereocenters. The predicted octanol–water partition coefficient (Wildman–Crippen LogP) is 3.95. The number of hydrogen-bond donors (Lipinski definition) is 0. The number of nitrogens with zero attached hydrogens (tertiary/aromatic N) is 2. The van der Waals surface area contributed by atoms with Gasteiger partial charge in [-0.1, -0.05) is 34.8 Å². The van der Waals surface area contributed by atoms with Gasteiger partial charge in [0.25, 0.3) is 5.91 Å². The van der Waals surface area contributed by atoms with Crippen LogP contribution in [0.2, 0.25) is 15.1 Å². The minimum Gasteiger partial charge on any atom is -0.471 e. The lowest BCUT2D eigenvalue weighted by Crippen LogP contribution is -2.56. The number of aromatic nitrogens is 1. The Morgan fingerprint density at radius 1 is 1.14 bits per heavy atom. The highest BCUT2D eigenvalue weighted by atomic mass is 35.5. The smallest absolute Gasteiger partial charge is 0.255 e. The average Bonchev–Trinajstić information content (AvgIpc) is 2.46. The molecule has 0 radical (unpaired) electrons. The summed E-state index contributed by atoms with van der Waals surface area (Å²) in [6.45, 7) is 0.956. The highest BCUT2D eigenvalue weighted by Crippen LogP contribution is 2.25. The van der Waals surface area contributed by atoms with Gasteiger partial charge in [-0.15, -0.1) is 0 Å². The van der Waals surface area contributed by atoms with E-state index in [1.165, 1.54) is 6.20 Å². The number of pyridine rings is 1. The minimum absolute atomic E-state index is 0.0874. The number of hydrogen-bond acceptors (Lipinski definition) is 3. The van der Waals surface area contributed by atoms with E-state index < -0.39 is 0 Å². The van der Waals surface area contributed by atoms with Crippen LogP contribution in [-0.4, -0.2) is 35.0 Å². The van der Waals surface area contributed by atoms with Crippen molar-refractivity contribution in [3.8, 4) is 5.88 Å². The van der Waals surface area contributed by atoms with Crippen LogP contribution in [-0.2, 0) is 0 Å². The third kappa shape index (κ3) is 3.29. The molecule has 1 aliphatic heterocycles. The minimum atomic E-state index is -0.156. The van der Waals surface area contributed by atoms with Gasteiger partial charge in [0.1, 0.15) is 6.10 Å². The molecule has 1 amide bonds. The molecule has 2 aromatic rings. The third-order valence-corrected chi connectivity index (χ3v) is 4.07. The highest BCUT2D eigenvalue weighted by molar-refractivity contribution is 6.35. The summed E-state index contributed by atoms with van der Waals surface area (Å²) < 4.78 is 5.65. The standard InChI is InChI=1S/C15H11Cl3N2O2/c16-9-1-3-13(18)12(5-9)15(21)20-7-11(8-20)22-14-4-2-10(17)6-19-14/h1-6,11H,7-8H2. The number of amides is 1. The van der Waals surface area contributed by atoms with Gasteiger partial charge in [0.05, 0.1) is 28.7 Å². The summed E-state index contributed by atoms with van der Waals surface area (Å²) in [7, 11) is 0. The van der Waals surface area contributed by atoms with E-state index in [1.807, 2.05) is 0 Å². The molecule has 0 saturated carbocycles. The summed E-state index contributed by atoms with van der Waals surface area (Å²) in [6.07, 6.45) is 1.43. The third-order valence-electron chi connectivity index (χ3n) is 3.28. The number of carbonyl (C=O) groups excluding carboxylic acids is 1. The largest absolute Gasteiger partial charge is 0.471 e. The molecule has 0 aliphatic carbocycles. The molecule has 1 aromatic carbocycles. The van der Waals surface area contributed by atoms with Crippen LogP contribution in [0.1, 0.15) is 10.4 Å². The first-order chi connectivity index (χ1) is 10.5. The molecule has 1 fully saturated rings. The first-order valence-electron chi connectivity index (χ1n) is 6.55. The highest BCUT2D eigenvalue weighted by Gasteiger charge is 2.33. The van der Waals surface area contributed by atoms with Crippen LogP contribution in [0.5, 0.6) is 5.88 Å². The fourth-order valence-electron chi connectivity index (χ4n) is 2.11. The van der Waals surface area contributed by atoms with Crippen molar-refractivity contribution in [2.45, 2.75) is 6.10 Å². The van der Waals surface area contributed by atoms with E-state index in [1.54, 1.807) is 35.2 Å². The van der Waals surface area contributed by atoms with Crippen LogP contribution in [0.25, 0.3) is 0 Å². The maximum absolute atomic E-state index is 12.3. The lowest BCUT2D eigenvalue weighted by Gasteiger charge is -2.38. The van der Waals surface area contributed by atoms with Gasteiger partial charge < -0.3 is 9.64 Å². The van der Waals surface area contributed by atoms with Crippen LogP contribution >= 0.6 is 34.8 Å². The Hall–Kier alpha value is -1.49. The normalized spacial score (nSPS) is 14.6. The molecule has 1 saturated heterocycles. The van der Waals surface area contributed by atoms with Gasteiger partial charge in [-0.3, -0.25) is 4.79 Å². The van der Waals surface area contributed by atoms with Crippen molar-refractivity contribution in [2.75, 3.05) is 13.1 Å². The zero-order valence-corrected chi connectivity index (χ0v) is 13.6. The van der Waals surface area contributed by atoms with Crippen molar-refractivity contribution in [1.82, 2.24) is 9.88 Å². The number of likely N-dealkylation sites (tertiary alicyclic amines) is 1. The van der Waals surface area contributed by atoms with E-state index in [0.717, 1.165) is 0 Å². The number of benzene rings is 1. The second-order valence-electron chi connectivity index (χ2n) is 4.89. The van der Waals surface area contributed by atoms with E-state index in [2.05, 4.69) is 4.98 Å². The SMILES string of the molecule is O=C(c1cc(Cl)ccc1Cl)N1CC(Oc2ccc(Cl)cn2)C1. The van der Waals surface area contributed by atoms with Crippen LogP contribution < -0.4 is 4.74 Å². The molecular formula is C15H11Cl3N2O2. The Morgan fingerprint density at radius 3 is 2.55 bits per heavy atom. The van der Waals surface area contributed by atoms with E-state index in [4.69, 9.17) is 39.5 Å². The van der Waals surface area contributed by atoms with Crippen molar-refractivity contribution in [3.63, 3.8) is 0 Å². The van der Waals surface area contributed by atoms with Gasteiger partial charge in [0, 0.05) is 17.3 Å². The lowest BCUT2D eigenvalue weighted by molar-refractivity contribution is 0.0160. The number of carbonyl (C=O) groups is 1. The fraction of sp³-hybridized carbons (Fsp3) is 0.200. The van der Waals surface area contributed by atoms with Gasteiger partial charge >= 0.3 is 0 Å². The summed E-state index contributed by atoms with van der Waals surface area (Å²) >= 11 is 17.7. The molecule has 3 rings (SSSR count). The molecule has 4 nitrogen and oxygen atoms in total. The summed E-state index contributed by atoms with van der Waals surface area (Å²) in [5.74, 6) is 0.332. The number of rotatable bonds is 3. The molecule has 22 heavy (non-hydrogen) atoms. The van der Waals surface area contributed by atoms with Crippen molar-refractivity contribution < 1.29 is 9.53 Å². The van der Waals surface area contributed by atoms with Crippen molar-refractivity contribution in [2.24, 2.45) is 0 Å². The Kier molecular flexibility index (Phi) is 4.43. The Bertz CT molecular complexity index is 700. The van der Waals surface area contributed by atoms with E-state index in [-0.39, 0.29) is 12.0 Å². The number of halogens is 3. The van der Waals surface area contributed by atoms with Crippen LogP contribution in [0.15, 0.2) is 36.5 Å². The zero-order valence-electron chi connectivity index (χ0n) is 11.3. The van der Waals surface area contributed by atoms with E-state index in [0.29, 0.717) is 39.6 Å². The first kappa shape index (κ1) is 15.4. The fourth-order valence-corrected chi connectivity index (χ4v) is 2.60. The van der Waals surface area contributed by atoms with Gasteiger partial charge in [0.15, 0.2) is 0 Å². The topological polar surface area (TPSA) is 42.4 Å². The molecule has 7 heteroatoms.